The van der Waals surface area contributed by atoms with E-state index in [1.165, 1.54) is 15.4 Å². The fourth-order valence-corrected chi connectivity index (χ4v) is 3.68. The second-order valence-corrected chi connectivity index (χ2v) is 6.85. The first-order valence-corrected chi connectivity index (χ1v) is 8.23. The molecule has 1 aliphatic rings. The Hall–Kier alpha value is -1.52. The van der Waals surface area contributed by atoms with E-state index in [-0.39, 0.29) is 0 Å². The third kappa shape index (κ3) is 3.57. The van der Waals surface area contributed by atoms with Gasteiger partial charge in [-0.3, -0.25) is 4.90 Å². The summed E-state index contributed by atoms with van der Waals surface area (Å²) in [5.41, 5.74) is 1.29. The molecule has 112 valence electrons. The summed E-state index contributed by atoms with van der Waals surface area (Å²) in [6.45, 7) is 7.71. The molecule has 1 aliphatic heterocycles. The number of hydrogen-bond donors (Lipinski definition) is 0. The van der Waals surface area contributed by atoms with E-state index in [1.807, 2.05) is 23.5 Å². The molecule has 0 bridgehead atoms. The Labute approximate surface area is 130 Å². The predicted octanol–water partition coefficient (Wildman–Crippen LogP) is 3.39. The van der Waals surface area contributed by atoms with E-state index < -0.39 is 0 Å². The molecule has 3 nitrogen and oxygen atoms in total. The molecule has 3 rings (SSSR count). The van der Waals surface area contributed by atoms with Crippen LogP contribution in [-0.2, 0) is 6.54 Å². The average molecular weight is 302 g/mol. The van der Waals surface area contributed by atoms with Crippen LogP contribution in [0.4, 0.5) is 5.69 Å². The highest BCUT2D eigenvalue weighted by atomic mass is 32.1. The predicted molar refractivity (Wildman–Crippen MR) is 89.5 cm³/mol. The number of piperazine rings is 1. The molecule has 1 fully saturated rings. The minimum Gasteiger partial charge on any atom is -0.497 e. The lowest BCUT2D eigenvalue weighted by Crippen LogP contribution is -2.45. The van der Waals surface area contributed by atoms with Crippen molar-refractivity contribution in [2.45, 2.75) is 13.5 Å². The SMILES string of the molecule is COc1ccc(N2CCN(Cc3ccc(C)s3)CC2)cc1. The smallest absolute Gasteiger partial charge is 0.119 e. The summed E-state index contributed by atoms with van der Waals surface area (Å²) in [6, 6.07) is 12.9. The highest BCUT2D eigenvalue weighted by molar-refractivity contribution is 7.11. The zero-order valence-corrected chi connectivity index (χ0v) is 13.5. The average Bonchev–Trinajstić information content (AvgIpc) is 2.93. The third-order valence-corrected chi connectivity index (χ3v) is 4.97. The monoisotopic (exact) mass is 302 g/mol. The Morgan fingerprint density at radius 3 is 2.29 bits per heavy atom. The molecule has 0 spiro atoms. The van der Waals surface area contributed by atoms with E-state index in [9.17, 15) is 0 Å². The Morgan fingerprint density at radius 2 is 1.71 bits per heavy atom. The summed E-state index contributed by atoms with van der Waals surface area (Å²) < 4.78 is 5.22. The Balaban J connectivity index is 1.54. The molecule has 21 heavy (non-hydrogen) atoms. The summed E-state index contributed by atoms with van der Waals surface area (Å²) in [6.07, 6.45) is 0. The van der Waals surface area contributed by atoms with Gasteiger partial charge in [-0.2, -0.15) is 0 Å². The van der Waals surface area contributed by atoms with E-state index in [1.54, 1.807) is 7.11 Å². The van der Waals surface area contributed by atoms with E-state index in [0.29, 0.717) is 0 Å². The fourth-order valence-electron chi connectivity index (χ4n) is 2.75. The maximum absolute atomic E-state index is 5.22. The highest BCUT2D eigenvalue weighted by Gasteiger charge is 2.17. The van der Waals surface area contributed by atoms with Crippen molar-refractivity contribution in [3.63, 3.8) is 0 Å². The van der Waals surface area contributed by atoms with E-state index >= 15 is 0 Å². The lowest BCUT2D eigenvalue weighted by Gasteiger charge is -2.36. The number of thiophene rings is 1. The lowest BCUT2D eigenvalue weighted by molar-refractivity contribution is 0.252. The number of rotatable bonds is 4. The minimum absolute atomic E-state index is 0.922. The van der Waals surface area contributed by atoms with Crippen molar-refractivity contribution in [2.24, 2.45) is 0 Å². The normalized spacial score (nSPS) is 16.2. The number of hydrogen-bond acceptors (Lipinski definition) is 4. The van der Waals surface area contributed by atoms with Crippen LogP contribution in [0.1, 0.15) is 9.75 Å². The van der Waals surface area contributed by atoms with Crippen LogP contribution in [0, 0.1) is 6.92 Å². The van der Waals surface area contributed by atoms with Gasteiger partial charge in [-0.15, -0.1) is 11.3 Å². The van der Waals surface area contributed by atoms with Crippen molar-refractivity contribution in [1.82, 2.24) is 4.90 Å². The second-order valence-electron chi connectivity index (χ2n) is 5.47. The number of nitrogens with zero attached hydrogens (tertiary/aromatic N) is 2. The molecule has 0 saturated carbocycles. The topological polar surface area (TPSA) is 15.7 Å². The summed E-state index contributed by atoms with van der Waals surface area (Å²) in [5, 5.41) is 0. The Morgan fingerprint density at radius 1 is 1.00 bits per heavy atom. The van der Waals surface area contributed by atoms with Crippen LogP contribution < -0.4 is 9.64 Å². The number of anilines is 1. The first kappa shape index (κ1) is 14.4. The van der Waals surface area contributed by atoms with Crippen LogP contribution in [-0.4, -0.2) is 38.2 Å². The number of aryl methyl sites for hydroxylation is 1. The van der Waals surface area contributed by atoms with E-state index in [2.05, 4.69) is 41.0 Å². The maximum Gasteiger partial charge on any atom is 0.119 e. The van der Waals surface area contributed by atoms with Crippen molar-refractivity contribution in [3.8, 4) is 5.75 Å². The minimum atomic E-state index is 0.922. The zero-order valence-electron chi connectivity index (χ0n) is 12.7. The summed E-state index contributed by atoms with van der Waals surface area (Å²) in [7, 11) is 1.71. The van der Waals surface area contributed by atoms with E-state index in [0.717, 1.165) is 38.5 Å². The Bertz CT molecular complexity index is 571. The molecule has 4 heteroatoms. The lowest BCUT2D eigenvalue weighted by atomic mass is 10.2. The van der Waals surface area contributed by atoms with Gasteiger partial charge >= 0.3 is 0 Å². The summed E-state index contributed by atoms with van der Waals surface area (Å²) in [4.78, 5) is 7.88. The molecule has 0 amide bonds. The quantitative estimate of drug-likeness (QED) is 0.861. The highest BCUT2D eigenvalue weighted by Crippen LogP contribution is 2.22. The van der Waals surface area contributed by atoms with Crippen LogP contribution >= 0.6 is 11.3 Å². The molecule has 0 aliphatic carbocycles. The van der Waals surface area contributed by atoms with Crippen molar-refractivity contribution in [2.75, 3.05) is 38.2 Å². The van der Waals surface area contributed by atoms with Gasteiger partial charge in [-0.1, -0.05) is 0 Å². The molecule has 0 N–H and O–H groups in total. The van der Waals surface area contributed by atoms with Gasteiger partial charge in [0.1, 0.15) is 5.75 Å². The molecule has 1 aromatic carbocycles. The standard InChI is InChI=1S/C17H22N2OS/c1-14-3-8-17(21-14)13-18-9-11-19(12-10-18)15-4-6-16(20-2)7-5-15/h3-8H,9-13H2,1-2H3. The van der Waals surface area contributed by atoms with Crippen LogP contribution in [0.5, 0.6) is 5.75 Å². The first-order chi connectivity index (χ1) is 10.2. The number of methoxy groups -OCH3 is 1. The van der Waals surface area contributed by atoms with Gasteiger partial charge in [0.2, 0.25) is 0 Å². The van der Waals surface area contributed by atoms with Gasteiger partial charge in [0, 0.05) is 48.2 Å². The third-order valence-electron chi connectivity index (χ3n) is 3.99. The van der Waals surface area contributed by atoms with Gasteiger partial charge < -0.3 is 9.64 Å². The van der Waals surface area contributed by atoms with Crippen molar-refractivity contribution < 1.29 is 4.74 Å². The van der Waals surface area contributed by atoms with Crippen molar-refractivity contribution >= 4 is 17.0 Å². The molecule has 1 saturated heterocycles. The van der Waals surface area contributed by atoms with Crippen molar-refractivity contribution in [1.29, 1.82) is 0 Å². The molecule has 0 atom stereocenters. The molecular weight excluding hydrogens is 280 g/mol. The molecular formula is C17H22N2OS. The molecule has 0 radical (unpaired) electrons. The van der Waals surface area contributed by atoms with Crippen LogP contribution in [0.15, 0.2) is 36.4 Å². The Kier molecular flexibility index (Phi) is 4.46. The van der Waals surface area contributed by atoms with Gasteiger partial charge in [0.05, 0.1) is 7.11 Å². The maximum atomic E-state index is 5.22. The van der Waals surface area contributed by atoms with Gasteiger partial charge in [0.25, 0.3) is 0 Å². The summed E-state index contributed by atoms with van der Waals surface area (Å²) >= 11 is 1.91. The van der Waals surface area contributed by atoms with Gasteiger partial charge in [-0.05, 0) is 43.3 Å². The largest absolute Gasteiger partial charge is 0.497 e. The van der Waals surface area contributed by atoms with Crippen LogP contribution in [0.2, 0.25) is 0 Å². The summed E-state index contributed by atoms with van der Waals surface area (Å²) in [5.74, 6) is 0.922. The zero-order chi connectivity index (χ0) is 14.7. The molecule has 1 aromatic heterocycles. The fraction of sp³-hybridized carbons (Fsp3) is 0.412. The van der Waals surface area contributed by atoms with Gasteiger partial charge in [-0.25, -0.2) is 0 Å². The molecule has 2 heterocycles. The van der Waals surface area contributed by atoms with E-state index in [4.69, 9.17) is 4.74 Å². The number of ether oxygens (including phenoxy) is 1. The van der Waals surface area contributed by atoms with Gasteiger partial charge in [0.15, 0.2) is 0 Å². The molecule has 2 aromatic rings. The van der Waals surface area contributed by atoms with Crippen LogP contribution in [0.25, 0.3) is 0 Å². The number of benzene rings is 1. The second kappa shape index (κ2) is 6.50. The van der Waals surface area contributed by atoms with Crippen LogP contribution in [0.3, 0.4) is 0 Å². The van der Waals surface area contributed by atoms with Crippen molar-refractivity contribution in [3.05, 3.63) is 46.2 Å². The molecule has 0 unspecified atom stereocenters. The first-order valence-electron chi connectivity index (χ1n) is 7.41.